The fourth-order valence-corrected chi connectivity index (χ4v) is 7.98. The maximum Gasteiger partial charge on any atom is 0.408 e. The summed E-state index contributed by atoms with van der Waals surface area (Å²) in [6, 6.07) is 5.09. The van der Waals surface area contributed by atoms with Crippen LogP contribution in [0.4, 0.5) is 4.79 Å². The van der Waals surface area contributed by atoms with Crippen molar-refractivity contribution in [3.8, 4) is 11.4 Å². The average molecular weight is 750 g/mol. The fourth-order valence-electron chi connectivity index (χ4n) is 6.61. The van der Waals surface area contributed by atoms with Gasteiger partial charge in [-0.1, -0.05) is 26.8 Å². The van der Waals surface area contributed by atoms with E-state index in [1.54, 1.807) is 83.1 Å². The number of alkyl carbamates (subject to hydrolysis) is 1. The Morgan fingerprint density at radius 1 is 1.09 bits per heavy atom. The van der Waals surface area contributed by atoms with Crippen LogP contribution < -0.4 is 20.1 Å². The molecule has 4 amide bonds. The first kappa shape index (κ1) is 37.8. The van der Waals surface area contributed by atoms with Crippen molar-refractivity contribution in [3.63, 3.8) is 0 Å². The third-order valence-electron chi connectivity index (χ3n) is 9.64. The predicted molar refractivity (Wildman–Crippen MR) is 195 cm³/mol. The number of benzene rings is 1. The number of hydrogen-bond acceptors (Lipinski definition) is 10. The molecule has 5 atom stereocenters. The molecule has 6 rings (SSSR count). The second kappa shape index (κ2) is 13.8. The number of sulfonamides is 1. The van der Waals surface area contributed by atoms with Gasteiger partial charge in [0.25, 0.3) is 5.91 Å². The number of carbonyl (C=O) groups is 4. The summed E-state index contributed by atoms with van der Waals surface area (Å²) in [6.45, 7) is 14.2. The molecule has 0 spiro atoms. The Labute approximate surface area is 308 Å². The third kappa shape index (κ3) is 8.16. The molecule has 3 aliphatic rings. The molecule has 1 saturated heterocycles. The number of fused-ring (bicyclic) bond motifs is 1. The van der Waals surface area contributed by atoms with Crippen LogP contribution in [0.2, 0.25) is 0 Å². The van der Waals surface area contributed by atoms with Crippen LogP contribution in [0.5, 0.6) is 5.75 Å². The number of rotatable bonds is 11. The minimum atomic E-state index is -3.91. The Hall–Kier alpha value is -4.99. The monoisotopic (exact) mass is 749 g/mol. The normalized spacial score (nSPS) is 23.5. The largest absolute Gasteiger partial charge is 0.488 e. The van der Waals surface area contributed by atoms with Crippen LogP contribution in [0.25, 0.3) is 16.5 Å². The van der Waals surface area contributed by atoms with E-state index in [0.717, 1.165) is 11.1 Å². The van der Waals surface area contributed by atoms with Gasteiger partial charge in [0.2, 0.25) is 21.8 Å². The van der Waals surface area contributed by atoms with Crippen LogP contribution in [0.3, 0.4) is 0 Å². The van der Waals surface area contributed by atoms with Crippen molar-refractivity contribution in [2.45, 2.75) is 102 Å². The number of nitrogens with one attached hydrogen (secondary N) is 3. The molecule has 0 bridgehead atoms. The Balaban J connectivity index is 1.32. The van der Waals surface area contributed by atoms with Gasteiger partial charge < -0.3 is 25.0 Å². The van der Waals surface area contributed by atoms with E-state index < -0.39 is 79.7 Å². The van der Waals surface area contributed by atoms with E-state index in [1.165, 1.54) is 11.0 Å². The summed E-state index contributed by atoms with van der Waals surface area (Å²) in [4.78, 5) is 61.0. The van der Waals surface area contributed by atoms with E-state index >= 15 is 0 Å². The Bertz CT molecular complexity index is 2030. The van der Waals surface area contributed by atoms with Gasteiger partial charge in [0, 0.05) is 48.6 Å². The van der Waals surface area contributed by atoms with E-state index in [9.17, 15) is 27.6 Å². The zero-order valence-electron chi connectivity index (χ0n) is 30.8. The topological polar surface area (TPSA) is 191 Å². The van der Waals surface area contributed by atoms with Crippen molar-refractivity contribution in [3.05, 3.63) is 61.7 Å². The highest BCUT2D eigenvalue weighted by atomic mass is 32.2. The fraction of sp³-hybridized carbons (Fsp3) is 0.514. The molecule has 15 nitrogen and oxygen atoms in total. The molecule has 3 aromatic rings. The van der Waals surface area contributed by atoms with Crippen molar-refractivity contribution in [2.75, 3.05) is 6.54 Å². The lowest BCUT2D eigenvalue weighted by molar-refractivity contribution is -0.143. The first-order chi connectivity index (χ1) is 24.8. The van der Waals surface area contributed by atoms with Crippen LogP contribution in [0, 0.1) is 11.3 Å². The minimum absolute atomic E-state index is 0.0193. The predicted octanol–water partition coefficient (Wildman–Crippen LogP) is 3.38. The van der Waals surface area contributed by atoms with E-state index in [-0.39, 0.29) is 19.4 Å². The molecule has 1 aromatic carbocycles. The second-order valence-corrected chi connectivity index (χ2v) is 18.1. The van der Waals surface area contributed by atoms with E-state index in [1.807, 2.05) is 12.1 Å². The Kier molecular flexibility index (Phi) is 9.81. The molecule has 16 heteroatoms. The number of likely N-dealkylation sites (tertiary alicyclic amines) is 1. The lowest BCUT2D eigenvalue weighted by atomic mass is 9.85. The van der Waals surface area contributed by atoms with Crippen LogP contribution in [-0.2, 0) is 29.1 Å². The molecule has 2 aliphatic carbocycles. The smallest absolute Gasteiger partial charge is 0.408 e. The molecule has 1 aliphatic heterocycles. The van der Waals surface area contributed by atoms with Crippen LogP contribution in [0.1, 0.15) is 67.2 Å². The summed E-state index contributed by atoms with van der Waals surface area (Å²) >= 11 is 0. The molecule has 5 unspecified atom stereocenters. The van der Waals surface area contributed by atoms with Crippen molar-refractivity contribution in [1.82, 2.24) is 35.0 Å². The van der Waals surface area contributed by atoms with E-state index in [4.69, 9.17) is 9.47 Å². The van der Waals surface area contributed by atoms with Gasteiger partial charge in [-0.15, -0.1) is 6.58 Å². The van der Waals surface area contributed by atoms with Crippen LogP contribution in [-0.4, -0.2) is 93.0 Å². The highest BCUT2D eigenvalue weighted by molar-refractivity contribution is 7.91. The van der Waals surface area contributed by atoms with Gasteiger partial charge in [-0.2, -0.15) is 5.10 Å². The minimum Gasteiger partial charge on any atom is -0.488 e. The van der Waals surface area contributed by atoms with Gasteiger partial charge in [-0.05, 0) is 69.0 Å². The summed E-state index contributed by atoms with van der Waals surface area (Å²) in [5.41, 5.74) is -2.50. The third-order valence-corrected chi connectivity index (χ3v) is 11.5. The van der Waals surface area contributed by atoms with Crippen LogP contribution in [0.15, 0.2) is 61.7 Å². The summed E-state index contributed by atoms with van der Waals surface area (Å²) in [5, 5.41) is 10.7. The molecule has 2 saturated carbocycles. The maximum atomic E-state index is 14.6. The highest BCUT2D eigenvalue weighted by Gasteiger charge is 2.62. The summed E-state index contributed by atoms with van der Waals surface area (Å²) in [7, 11) is -3.91. The van der Waals surface area contributed by atoms with E-state index in [0.29, 0.717) is 24.0 Å². The number of pyridine rings is 1. The zero-order chi connectivity index (χ0) is 38.5. The highest BCUT2D eigenvalue weighted by Crippen LogP contribution is 2.45. The summed E-state index contributed by atoms with van der Waals surface area (Å²) < 4.78 is 41.3. The SMILES string of the molecule is C=CC1CC1(NC(=O)C1CC(Oc2cc(-n3cccn3)cc3ccncc23)CN1C(=O)C(NC(=O)OC(C)(C)C)C(C)(C)C)C(=O)NS(=O)(=O)C1CC1. The van der Waals surface area contributed by atoms with Gasteiger partial charge in [0.05, 0.1) is 17.5 Å². The van der Waals surface area contributed by atoms with Crippen molar-refractivity contribution < 1.29 is 37.1 Å². The number of aromatic nitrogens is 3. The van der Waals surface area contributed by atoms with Crippen molar-refractivity contribution in [1.29, 1.82) is 0 Å². The number of carbonyl (C=O) groups excluding carboxylic acids is 4. The first-order valence-corrected chi connectivity index (χ1v) is 19.2. The molecule has 3 heterocycles. The molecule has 3 N–H and O–H groups in total. The van der Waals surface area contributed by atoms with E-state index in [2.05, 4.69) is 32.0 Å². The Morgan fingerprint density at radius 3 is 2.43 bits per heavy atom. The average Bonchev–Trinajstić information content (AvgIpc) is 3.94. The number of ether oxygens (including phenoxy) is 2. The van der Waals surface area contributed by atoms with Gasteiger partial charge in [0.1, 0.15) is 35.1 Å². The van der Waals surface area contributed by atoms with Gasteiger partial charge in [-0.25, -0.2) is 17.9 Å². The zero-order valence-corrected chi connectivity index (χ0v) is 31.6. The summed E-state index contributed by atoms with van der Waals surface area (Å²) in [6.07, 6.45) is 7.83. The standard InChI is InChI=1S/C37H47N7O8S/c1-8-23-19-37(23,33(47)42-53(49,50)26-10-11-26)41-31(45)28-18-25(21-43(28)32(46)30(35(2,3)4)40-34(48)52-36(5,6)7)51-29-17-24(44-15-9-13-39-44)16-22-12-14-38-20-27(22)29/h8-9,12-17,20,23,25-26,28,30H,1,10-11,18-19,21H2,2-7H3,(H,40,48)(H,41,45)(H,42,47). The van der Waals surface area contributed by atoms with Crippen molar-refractivity contribution >= 4 is 44.6 Å². The molecule has 0 radical (unpaired) electrons. The van der Waals surface area contributed by atoms with Gasteiger partial charge in [-0.3, -0.25) is 24.1 Å². The second-order valence-electron chi connectivity index (χ2n) is 16.1. The Morgan fingerprint density at radius 2 is 1.83 bits per heavy atom. The lowest BCUT2D eigenvalue weighted by Gasteiger charge is -2.36. The van der Waals surface area contributed by atoms with Crippen LogP contribution >= 0.6 is 0 Å². The molecule has 3 fully saturated rings. The molecule has 284 valence electrons. The van der Waals surface area contributed by atoms with Crippen molar-refractivity contribution in [2.24, 2.45) is 11.3 Å². The lowest BCUT2D eigenvalue weighted by Crippen LogP contribution is -2.60. The number of amides is 4. The summed E-state index contributed by atoms with van der Waals surface area (Å²) in [5.74, 6) is -2.15. The molecule has 53 heavy (non-hydrogen) atoms. The number of nitrogens with zero attached hydrogens (tertiary/aromatic N) is 4. The quantitative estimate of drug-likeness (QED) is 0.245. The first-order valence-electron chi connectivity index (χ1n) is 17.7. The number of hydrogen-bond donors (Lipinski definition) is 3. The van der Waals surface area contributed by atoms with Gasteiger partial charge in [0.15, 0.2) is 0 Å². The van der Waals surface area contributed by atoms with Gasteiger partial charge >= 0.3 is 6.09 Å². The molecule has 2 aromatic heterocycles. The molecular weight excluding hydrogens is 703 g/mol. The molecular formula is C37H47N7O8S. The maximum absolute atomic E-state index is 14.6.